The molecule has 0 amide bonds. The van der Waals surface area contributed by atoms with Gasteiger partial charge in [-0.3, -0.25) is 0 Å². The van der Waals surface area contributed by atoms with Crippen molar-refractivity contribution in [1.29, 1.82) is 0 Å². The number of benzene rings is 1. The summed E-state index contributed by atoms with van der Waals surface area (Å²) in [5, 5.41) is 3.63. The molecule has 0 spiro atoms. The Hall–Kier alpha value is -0.260. The van der Waals surface area contributed by atoms with Gasteiger partial charge in [-0.15, -0.1) is 0 Å². The maximum absolute atomic E-state index is 12.0. The van der Waals surface area contributed by atoms with E-state index in [4.69, 9.17) is 11.6 Å². The van der Waals surface area contributed by atoms with Crippen LogP contribution in [0.25, 0.3) is 0 Å². The Bertz CT molecular complexity index is 395. The average Bonchev–Trinajstić information content (AvgIpc) is 2.22. The first-order chi connectivity index (χ1) is 8.29. The number of hydrogen-bond acceptors (Lipinski definition) is 1. The van der Waals surface area contributed by atoms with Crippen LogP contribution in [0, 0.1) is 0 Å². The Labute approximate surface area is 118 Å². The maximum Gasteiger partial charge on any atom is 0.389 e. The van der Waals surface area contributed by atoms with Crippen molar-refractivity contribution >= 4 is 27.5 Å². The topological polar surface area (TPSA) is 12.0 Å². The largest absolute Gasteiger partial charge is 0.389 e. The van der Waals surface area contributed by atoms with Gasteiger partial charge in [-0.2, -0.15) is 13.2 Å². The number of nitrogens with one attached hydrogen (secondary N) is 1. The standard InChI is InChI=1S/C12H14BrClF3N/c1-8(18-6-2-5-12(15,16)17)10-4-3-9(13)7-11(10)14/h3-4,7-8,18H,2,5-6H2,1H3. The minimum Gasteiger partial charge on any atom is -0.310 e. The lowest BCUT2D eigenvalue weighted by atomic mass is 10.1. The van der Waals surface area contributed by atoms with E-state index in [9.17, 15) is 13.2 Å². The molecule has 1 atom stereocenters. The van der Waals surface area contributed by atoms with E-state index >= 15 is 0 Å². The van der Waals surface area contributed by atoms with Crippen molar-refractivity contribution in [1.82, 2.24) is 5.32 Å². The van der Waals surface area contributed by atoms with Crippen LogP contribution < -0.4 is 5.32 Å². The van der Waals surface area contributed by atoms with Gasteiger partial charge in [0.15, 0.2) is 0 Å². The van der Waals surface area contributed by atoms with E-state index in [0.717, 1.165) is 10.0 Å². The highest BCUT2D eigenvalue weighted by molar-refractivity contribution is 9.10. The minimum atomic E-state index is -4.08. The predicted molar refractivity (Wildman–Crippen MR) is 70.9 cm³/mol. The maximum atomic E-state index is 12.0. The number of rotatable bonds is 5. The van der Waals surface area contributed by atoms with Crippen LogP contribution in [0.1, 0.15) is 31.4 Å². The fraction of sp³-hybridized carbons (Fsp3) is 0.500. The van der Waals surface area contributed by atoms with Gasteiger partial charge in [0.2, 0.25) is 0 Å². The van der Waals surface area contributed by atoms with E-state index < -0.39 is 12.6 Å². The van der Waals surface area contributed by atoms with Crippen LogP contribution in [0.3, 0.4) is 0 Å². The van der Waals surface area contributed by atoms with Crippen molar-refractivity contribution in [3.8, 4) is 0 Å². The van der Waals surface area contributed by atoms with Crippen LogP contribution in [0.5, 0.6) is 0 Å². The monoisotopic (exact) mass is 343 g/mol. The Morgan fingerprint density at radius 1 is 1.39 bits per heavy atom. The van der Waals surface area contributed by atoms with Crippen LogP contribution in [-0.4, -0.2) is 12.7 Å². The molecule has 0 radical (unpaired) electrons. The molecule has 1 aromatic rings. The van der Waals surface area contributed by atoms with E-state index in [1.54, 1.807) is 6.07 Å². The second-order valence-electron chi connectivity index (χ2n) is 4.06. The Morgan fingerprint density at radius 3 is 2.61 bits per heavy atom. The molecule has 1 N–H and O–H groups in total. The molecule has 102 valence electrons. The molecule has 1 nitrogen and oxygen atoms in total. The van der Waals surface area contributed by atoms with Crippen molar-refractivity contribution in [2.75, 3.05) is 6.54 Å². The van der Waals surface area contributed by atoms with Gasteiger partial charge in [-0.1, -0.05) is 33.6 Å². The Balaban J connectivity index is 2.43. The van der Waals surface area contributed by atoms with E-state index in [1.807, 2.05) is 19.1 Å². The second-order valence-corrected chi connectivity index (χ2v) is 5.38. The highest BCUT2D eigenvalue weighted by atomic mass is 79.9. The summed E-state index contributed by atoms with van der Waals surface area (Å²) in [6.45, 7) is 2.19. The SMILES string of the molecule is CC(NCCCC(F)(F)F)c1ccc(Br)cc1Cl. The predicted octanol–water partition coefficient (Wildman–Crippen LogP) is 5.10. The zero-order valence-electron chi connectivity index (χ0n) is 9.82. The zero-order chi connectivity index (χ0) is 13.8. The Kier molecular flexibility index (Phi) is 5.95. The van der Waals surface area contributed by atoms with Crippen molar-refractivity contribution in [3.63, 3.8) is 0 Å². The molecular formula is C12H14BrClF3N. The minimum absolute atomic E-state index is 0.0705. The number of hydrogen-bond donors (Lipinski definition) is 1. The van der Waals surface area contributed by atoms with Gasteiger partial charge in [-0.25, -0.2) is 0 Å². The summed E-state index contributed by atoms with van der Waals surface area (Å²) in [7, 11) is 0. The molecule has 0 aliphatic carbocycles. The molecule has 0 aliphatic heterocycles. The molecule has 18 heavy (non-hydrogen) atoms. The van der Waals surface area contributed by atoms with E-state index in [-0.39, 0.29) is 12.5 Å². The Morgan fingerprint density at radius 2 is 2.06 bits per heavy atom. The van der Waals surface area contributed by atoms with E-state index in [0.29, 0.717) is 11.6 Å². The normalized spacial score (nSPS) is 13.7. The molecule has 0 heterocycles. The molecule has 0 fully saturated rings. The summed E-state index contributed by atoms with van der Waals surface area (Å²) in [6.07, 6.45) is -4.77. The molecule has 6 heteroatoms. The molecule has 0 bridgehead atoms. The average molecular weight is 345 g/mol. The zero-order valence-corrected chi connectivity index (χ0v) is 12.2. The summed E-state index contributed by atoms with van der Waals surface area (Å²) in [5.41, 5.74) is 0.881. The highest BCUT2D eigenvalue weighted by Gasteiger charge is 2.25. The lowest BCUT2D eigenvalue weighted by Crippen LogP contribution is -2.21. The van der Waals surface area contributed by atoms with Gasteiger partial charge in [0, 0.05) is 22.0 Å². The van der Waals surface area contributed by atoms with Crippen molar-refractivity contribution in [3.05, 3.63) is 33.3 Å². The van der Waals surface area contributed by atoms with Crippen molar-refractivity contribution in [2.24, 2.45) is 0 Å². The van der Waals surface area contributed by atoms with Crippen LogP contribution in [-0.2, 0) is 0 Å². The van der Waals surface area contributed by atoms with Gasteiger partial charge in [0.1, 0.15) is 0 Å². The first kappa shape index (κ1) is 15.8. The molecule has 1 unspecified atom stereocenters. The molecule has 0 aromatic heterocycles. The molecule has 1 aromatic carbocycles. The summed E-state index contributed by atoms with van der Waals surface area (Å²) >= 11 is 9.36. The lowest BCUT2D eigenvalue weighted by molar-refractivity contribution is -0.135. The van der Waals surface area contributed by atoms with Gasteiger partial charge < -0.3 is 5.32 Å². The third kappa shape index (κ3) is 5.59. The van der Waals surface area contributed by atoms with Crippen LogP contribution in [0.4, 0.5) is 13.2 Å². The quantitative estimate of drug-likeness (QED) is 0.733. The second kappa shape index (κ2) is 6.78. The van der Waals surface area contributed by atoms with Gasteiger partial charge >= 0.3 is 6.18 Å². The first-order valence-corrected chi connectivity index (χ1v) is 6.72. The molecule has 0 saturated carbocycles. The molecule has 1 rings (SSSR count). The van der Waals surface area contributed by atoms with Crippen LogP contribution in [0.2, 0.25) is 5.02 Å². The van der Waals surface area contributed by atoms with E-state index in [2.05, 4.69) is 21.2 Å². The molecule has 0 saturated heterocycles. The third-order valence-electron chi connectivity index (χ3n) is 2.52. The fourth-order valence-electron chi connectivity index (χ4n) is 1.57. The molecular weight excluding hydrogens is 330 g/mol. The smallest absolute Gasteiger partial charge is 0.310 e. The first-order valence-electron chi connectivity index (χ1n) is 5.54. The van der Waals surface area contributed by atoms with Crippen LogP contribution >= 0.6 is 27.5 Å². The van der Waals surface area contributed by atoms with Crippen LogP contribution in [0.15, 0.2) is 22.7 Å². The summed E-state index contributed by atoms with van der Waals surface area (Å²) in [5.74, 6) is 0. The van der Waals surface area contributed by atoms with Gasteiger partial charge in [-0.05, 0) is 37.6 Å². The summed E-state index contributed by atoms with van der Waals surface area (Å²) in [4.78, 5) is 0. The number of alkyl halides is 3. The number of halogens is 5. The third-order valence-corrected chi connectivity index (χ3v) is 3.34. The lowest BCUT2D eigenvalue weighted by Gasteiger charge is -2.16. The molecule has 0 aliphatic rings. The fourth-order valence-corrected chi connectivity index (χ4v) is 2.41. The van der Waals surface area contributed by atoms with Gasteiger partial charge in [0.25, 0.3) is 0 Å². The van der Waals surface area contributed by atoms with E-state index in [1.165, 1.54) is 0 Å². The van der Waals surface area contributed by atoms with Gasteiger partial charge in [0.05, 0.1) is 0 Å². The summed E-state index contributed by atoms with van der Waals surface area (Å²) in [6, 6.07) is 5.41. The highest BCUT2D eigenvalue weighted by Crippen LogP contribution is 2.26. The van der Waals surface area contributed by atoms with Crippen molar-refractivity contribution in [2.45, 2.75) is 32.0 Å². The van der Waals surface area contributed by atoms with Crippen molar-refractivity contribution < 1.29 is 13.2 Å². The summed E-state index contributed by atoms with van der Waals surface area (Å²) < 4.78 is 36.7.